The van der Waals surface area contributed by atoms with Gasteiger partial charge in [0.25, 0.3) is 0 Å². The Morgan fingerprint density at radius 3 is 2.48 bits per heavy atom. The van der Waals surface area contributed by atoms with Gasteiger partial charge in [0.2, 0.25) is 0 Å². The van der Waals surface area contributed by atoms with Crippen LogP contribution in [0.5, 0.6) is 0 Å². The summed E-state index contributed by atoms with van der Waals surface area (Å²) < 4.78 is 0. The van der Waals surface area contributed by atoms with Gasteiger partial charge in [0, 0.05) is 18.1 Å². The lowest BCUT2D eigenvalue weighted by Gasteiger charge is -2.47. The van der Waals surface area contributed by atoms with E-state index in [0.29, 0.717) is 13.0 Å². The summed E-state index contributed by atoms with van der Waals surface area (Å²) in [6, 6.07) is -0.185. The largest absolute Gasteiger partial charge is 0.481 e. The number of aliphatic carboxylic acids is 1. The van der Waals surface area contributed by atoms with Gasteiger partial charge in [-0.3, -0.25) is 4.79 Å². The standard InChI is InChI=1S/C15H27N3O3/c1-18(2)15(7-4-8-15)10-16-14(21)17-12-6-3-5-11(9-12)13(19)20/h11-12H,3-10H2,1-2H3,(H,19,20)(H2,16,17,21). The average Bonchev–Trinajstić information content (AvgIpc) is 2.37. The SMILES string of the molecule is CN(C)C1(CNC(=O)NC2CCCC(C(=O)O)C2)CCC1. The maximum Gasteiger partial charge on any atom is 0.315 e. The van der Waals surface area contributed by atoms with E-state index in [1.54, 1.807) is 0 Å². The van der Waals surface area contributed by atoms with Crippen LogP contribution in [0, 0.1) is 5.92 Å². The Bertz CT molecular complexity index is 394. The fourth-order valence-electron chi connectivity index (χ4n) is 3.39. The number of hydrogen-bond acceptors (Lipinski definition) is 3. The number of carboxylic acids is 1. The smallest absolute Gasteiger partial charge is 0.315 e. The summed E-state index contributed by atoms with van der Waals surface area (Å²) in [5, 5.41) is 15.0. The fourth-order valence-corrected chi connectivity index (χ4v) is 3.39. The van der Waals surface area contributed by atoms with Crippen molar-refractivity contribution in [1.82, 2.24) is 15.5 Å². The second kappa shape index (κ2) is 6.64. The number of likely N-dealkylation sites (N-methyl/N-ethyl adjacent to an activating group) is 1. The van der Waals surface area contributed by atoms with Crippen molar-refractivity contribution in [2.24, 2.45) is 5.92 Å². The van der Waals surface area contributed by atoms with Gasteiger partial charge in [0.1, 0.15) is 0 Å². The maximum atomic E-state index is 12.0. The minimum absolute atomic E-state index is 0.0171. The summed E-state index contributed by atoms with van der Waals surface area (Å²) in [6.07, 6.45) is 6.44. The van der Waals surface area contributed by atoms with E-state index in [-0.39, 0.29) is 23.5 Å². The van der Waals surface area contributed by atoms with E-state index in [4.69, 9.17) is 5.11 Å². The molecule has 120 valence electrons. The lowest BCUT2D eigenvalue weighted by atomic mass is 9.75. The third-order valence-electron chi connectivity index (χ3n) is 5.17. The van der Waals surface area contributed by atoms with Gasteiger partial charge < -0.3 is 20.6 Å². The van der Waals surface area contributed by atoms with Gasteiger partial charge in [-0.25, -0.2) is 4.79 Å². The van der Waals surface area contributed by atoms with Gasteiger partial charge in [-0.05, 0) is 52.6 Å². The Hall–Kier alpha value is -1.30. The molecule has 21 heavy (non-hydrogen) atoms. The zero-order valence-corrected chi connectivity index (χ0v) is 13.0. The highest BCUT2D eigenvalue weighted by Crippen LogP contribution is 2.35. The Kier molecular flexibility index (Phi) is 5.08. The molecule has 2 fully saturated rings. The van der Waals surface area contributed by atoms with E-state index in [0.717, 1.165) is 32.1 Å². The van der Waals surface area contributed by atoms with Crippen LogP contribution in [0.25, 0.3) is 0 Å². The predicted octanol–water partition coefficient (Wildman–Crippen LogP) is 1.41. The van der Waals surface area contributed by atoms with Crippen molar-refractivity contribution in [3.05, 3.63) is 0 Å². The van der Waals surface area contributed by atoms with Crippen molar-refractivity contribution in [2.45, 2.75) is 56.5 Å². The molecule has 2 saturated carbocycles. The molecule has 0 heterocycles. The van der Waals surface area contributed by atoms with Gasteiger partial charge in [-0.15, -0.1) is 0 Å². The first-order chi connectivity index (χ1) is 9.93. The van der Waals surface area contributed by atoms with E-state index >= 15 is 0 Å². The number of carbonyl (C=O) groups is 2. The fraction of sp³-hybridized carbons (Fsp3) is 0.867. The molecule has 0 radical (unpaired) electrons. The normalized spacial score (nSPS) is 27.8. The van der Waals surface area contributed by atoms with Crippen LogP contribution < -0.4 is 10.6 Å². The van der Waals surface area contributed by atoms with Crippen molar-refractivity contribution in [3.8, 4) is 0 Å². The van der Waals surface area contributed by atoms with Crippen LogP contribution in [0.2, 0.25) is 0 Å². The molecule has 0 aliphatic heterocycles. The van der Waals surface area contributed by atoms with Gasteiger partial charge in [0.15, 0.2) is 0 Å². The average molecular weight is 297 g/mol. The third-order valence-corrected chi connectivity index (χ3v) is 5.17. The number of nitrogens with one attached hydrogen (secondary N) is 2. The number of hydrogen-bond donors (Lipinski definition) is 3. The van der Waals surface area contributed by atoms with E-state index in [9.17, 15) is 9.59 Å². The Labute approximate surface area is 126 Å². The van der Waals surface area contributed by atoms with Crippen LogP contribution in [0.3, 0.4) is 0 Å². The van der Waals surface area contributed by atoms with Gasteiger partial charge >= 0.3 is 12.0 Å². The van der Waals surface area contributed by atoms with Crippen LogP contribution in [0.15, 0.2) is 0 Å². The molecular formula is C15H27N3O3. The summed E-state index contributed by atoms with van der Waals surface area (Å²) in [5.74, 6) is -1.06. The van der Waals surface area contributed by atoms with Crippen molar-refractivity contribution < 1.29 is 14.7 Å². The monoisotopic (exact) mass is 297 g/mol. The van der Waals surface area contributed by atoms with Crippen molar-refractivity contribution >= 4 is 12.0 Å². The van der Waals surface area contributed by atoms with Crippen LogP contribution in [-0.2, 0) is 4.79 Å². The molecule has 2 aliphatic carbocycles. The molecule has 2 aliphatic rings. The molecule has 2 atom stereocenters. The molecule has 2 unspecified atom stereocenters. The highest BCUT2D eigenvalue weighted by Gasteiger charge is 2.39. The molecule has 6 nitrogen and oxygen atoms in total. The van der Waals surface area contributed by atoms with Crippen molar-refractivity contribution in [3.63, 3.8) is 0 Å². The molecule has 0 aromatic heterocycles. The lowest BCUT2D eigenvalue weighted by molar-refractivity contribution is -0.143. The summed E-state index contributed by atoms with van der Waals surface area (Å²) in [4.78, 5) is 25.2. The number of nitrogens with zero attached hydrogens (tertiary/aromatic N) is 1. The topological polar surface area (TPSA) is 81.7 Å². The first kappa shape index (κ1) is 16.1. The van der Waals surface area contributed by atoms with Gasteiger partial charge in [-0.2, -0.15) is 0 Å². The van der Waals surface area contributed by atoms with Crippen LogP contribution >= 0.6 is 0 Å². The summed E-state index contributed by atoms with van der Waals surface area (Å²) >= 11 is 0. The van der Waals surface area contributed by atoms with Crippen LogP contribution in [-0.4, -0.2) is 54.2 Å². The number of carbonyl (C=O) groups excluding carboxylic acids is 1. The molecule has 6 heteroatoms. The molecule has 3 N–H and O–H groups in total. The third kappa shape index (κ3) is 3.87. The van der Waals surface area contributed by atoms with E-state index in [1.807, 2.05) is 0 Å². The Morgan fingerprint density at radius 1 is 1.24 bits per heavy atom. The number of urea groups is 1. The van der Waals surface area contributed by atoms with Gasteiger partial charge in [-0.1, -0.05) is 6.42 Å². The summed E-state index contributed by atoms with van der Waals surface area (Å²) in [5.41, 5.74) is 0.105. The molecule has 2 rings (SSSR count). The quantitative estimate of drug-likeness (QED) is 0.716. The minimum Gasteiger partial charge on any atom is -0.481 e. The Morgan fingerprint density at radius 2 is 1.95 bits per heavy atom. The first-order valence-corrected chi connectivity index (χ1v) is 7.87. The molecule has 0 spiro atoms. The minimum atomic E-state index is -0.747. The highest BCUT2D eigenvalue weighted by molar-refractivity contribution is 5.75. The van der Waals surface area contributed by atoms with Crippen LogP contribution in [0.4, 0.5) is 4.79 Å². The van der Waals surface area contributed by atoms with Crippen LogP contribution in [0.1, 0.15) is 44.9 Å². The number of rotatable bonds is 5. The number of carboxylic acid groups (broad SMARTS) is 1. The van der Waals surface area contributed by atoms with Crippen molar-refractivity contribution in [1.29, 1.82) is 0 Å². The Balaban J connectivity index is 1.75. The molecule has 0 bridgehead atoms. The zero-order valence-electron chi connectivity index (χ0n) is 13.0. The van der Waals surface area contributed by atoms with E-state index in [1.165, 1.54) is 6.42 Å². The molecule has 0 saturated heterocycles. The van der Waals surface area contributed by atoms with Crippen molar-refractivity contribution in [2.75, 3.05) is 20.6 Å². The lowest BCUT2D eigenvalue weighted by Crippen LogP contribution is -2.58. The first-order valence-electron chi connectivity index (χ1n) is 7.87. The summed E-state index contributed by atoms with van der Waals surface area (Å²) in [6.45, 7) is 0.654. The maximum absolute atomic E-state index is 12.0. The molecule has 2 amide bonds. The molecular weight excluding hydrogens is 270 g/mol. The second-order valence-electron chi connectivity index (χ2n) is 6.70. The second-order valence-corrected chi connectivity index (χ2v) is 6.70. The highest BCUT2D eigenvalue weighted by atomic mass is 16.4. The molecule has 0 aromatic carbocycles. The summed E-state index contributed by atoms with van der Waals surface area (Å²) in [7, 11) is 4.11. The number of amides is 2. The molecule has 0 aromatic rings. The van der Waals surface area contributed by atoms with E-state index < -0.39 is 5.97 Å². The zero-order chi connectivity index (χ0) is 15.5. The van der Waals surface area contributed by atoms with Gasteiger partial charge in [0.05, 0.1) is 5.92 Å². The van der Waals surface area contributed by atoms with E-state index in [2.05, 4.69) is 29.6 Å². The predicted molar refractivity (Wildman–Crippen MR) is 80.2 cm³/mol.